The first-order valence-electron chi connectivity index (χ1n) is 10.4. The van der Waals surface area contributed by atoms with Gasteiger partial charge in [0.25, 0.3) is 5.24 Å². The van der Waals surface area contributed by atoms with Crippen LogP contribution in [0.3, 0.4) is 0 Å². The summed E-state index contributed by atoms with van der Waals surface area (Å²) in [5, 5.41) is 0.323. The molecule has 0 bridgehead atoms. The smallest absolute Gasteiger partial charge is 0.289 e. The summed E-state index contributed by atoms with van der Waals surface area (Å²) in [6, 6.07) is 26.2. The molecule has 160 valence electrons. The normalized spacial score (nSPS) is 16.2. The van der Waals surface area contributed by atoms with E-state index in [1.165, 1.54) is 11.9 Å². The molecule has 1 unspecified atom stereocenters. The fourth-order valence-electron chi connectivity index (χ4n) is 3.94. The van der Waals surface area contributed by atoms with Gasteiger partial charge in [0, 0.05) is 30.7 Å². The van der Waals surface area contributed by atoms with Gasteiger partial charge in [-0.2, -0.15) is 0 Å². The number of amides is 2. The van der Waals surface area contributed by atoms with Gasteiger partial charge in [0.1, 0.15) is 17.6 Å². The van der Waals surface area contributed by atoms with Crippen molar-refractivity contribution in [2.75, 3.05) is 7.05 Å². The summed E-state index contributed by atoms with van der Waals surface area (Å²) in [6.45, 7) is 1.25. The second-order valence-corrected chi connectivity index (χ2v) is 8.86. The van der Waals surface area contributed by atoms with Crippen LogP contribution in [0.1, 0.15) is 21.9 Å². The quantitative estimate of drug-likeness (QED) is 0.388. The number of ether oxygens (including phenoxy) is 1. The van der Waals surface area contributed by atoms with Crippen molar-refractivity contribution in [2.45, 2.75) is 18.4 Å². The molecule has 2 heterocycles. The van der Waals surface area contributed by atoms with Crippen molar-refractivity contribution < 1.29 is 14.3 Å². The second-order valence-electron chi connectivity index (χ2n) is 7.80. The molecule has 4 aromatic rings. The number of fused-ring (bicyclic) bond motifs is 1. The van der Waals surface area contributed by atoms with Gasteiger partial charge in [0.2, 0.25) is 5.91 Å². The Kier molecular flexibility index (Phi) is 5.45. The Balaban J connectivity index is 1.33. The number of carbonyl (C=O) groups excluding carboxylic acids is 2. The summed E-state index contributed by atoms with van der Waals surface area (Å²) < 4.78 is 8.04. The van der Waals surface area contributed by atoms with E-state index in [0.29, 0.717) is 13.2 Å². The SMILES string of the molecule is CN1C(=O)SC(c2cccc3c2ccn3Cc2ccc(OCc3ccccc3)cc2)C1=O. The number of carbonyl (C=O) groups is 2. The van der Waals surface area contributed by atoms with Crippen LogP contribution >= 0.6 is 11.8 Å². The molecule has 1 saturated heterocycles. The maximum absolute atomic E-state index is 12.5. The zero-order valence-electron chi connectivity index (χ0n) is 17.6. The van der Waals surface area contributed by atoms with Crippen molar-refractivity contribution in [3.05, 3.63) is 102 Å². The minimum absolute atomic E-state index is 0.161. The van der Waals surface area contributed by atoms with Crippen LogP contribution in [0.2, 0.25) is 0 Å². The molecule has 5 nitrogen and oxygen atoms in total. The summed E-state index contributed by atoms with van der Waals surface area (Å²) >= 11 is 1.08. The van der Waals surface area contributed by atoms with Crippen LogP contribution in [-0.2, 0) is 17.9 Å². The predicted molar refractivity (Wildman–Crippen MR) is 127 cm³/mol. The maximum atomic E-state index is 12.5. The molecule has 1 aromatic heterocycles. The molecule has 1 fully saturated rings. The van der Waals surface area contributed by atoms with E-state index in [-0.39, 0.29) is 11.1 Å². The number of hydrogen-bond donors (Lipinski definition) is 0. The van der Waals surface area contributed by atoms with Gasteiger partial charge in [0.05, 0.1) is 0 Å². The molecule has 0 saturated carbocycles. The lowest BCUT2D eigenvalue weighted by molar-refractivity contribution is -0.125. The number of thioether (sulfide) groups is 1. The fourth-order valence-corrected chi connectivity index (χ4v) is 4.98. The first kappa shape index (κ1) is 20.4. The maximum Gasteiger partial charge on any atom is 0.289 e. The molecule has 0 aliphatic carbocycles. The Morgan fingerprint density at radius 2 is 1.66 bits per heavy atom. The zero-order valence-corrected chi connectivity index (χ0v) is 18.4. The van der Waals surface area contributed by atoms with E-state index < -0.39 is 5.25 Å². The lowest BCUT2D eigenvalue weighted by Crippen LogP contribution is -2.24. The van der Waals surface area contributed by atoms with E-state index in [9.17, 15) is 9.59 Å². The molecule has 1 aliphatic heterocycles. The largest absolute Gasteiger partial charge is 0.489 e. The van der Waals surface area contributed by atoms with Gasteiger partial charge in [-0.05, 0) is 52.7 Å². The molecular formula is C26H22N2O3S. The highest BCUT2D eigenvalue weighted by atomic mass is 32.2. The third kappa shape index (κ3) is 3.89. The third-order valence-electron chi connectivity index (χ3n) is 5.70. The Morgan fingerprint density at radius 3 is 2.38 bits per heavy atom. The van der Waals surface area contributed by atoms with Gasteiger partial charge in [0.15, 0.2) is 0 Å². The minimum atomic E-state index is -0.479. The summed E-state index contributed by atoms with van der Waals surface area (Å²) in [5.74, 6) is 0.675. The van der Waals surface area contributed by atoms with Gasteiger partial charge in [-0.1, -0.05) is 54.6 Å². The average molecular weight is 443 g/mol. The number of likely N-dealkylation sites (N-methyl/N-ethyl adjacent to an activating group) is 1. The highest BCUT2D eigenvalue weighted by Crippen LogP contribution is 2.41. The minimum Gasteiger partial charge on any atom is -0.489 e. The van der Waals surface area contributed by atoms with E-state index in [4.69, 9.17) is 4.74 Å². The van der Waals surface area contributed by atoms with Crippen molar-refractivity contribution in [2.24, 2.45) is 0 Å². The lowest BCUT2D eigenvalue weighted by Gasteiger charge is -2.11. The molecule has 2 amide bonds. The molecule has 5 rings (SSSR count). The number of hydrogen-bond acceptors (Lipinski definition) is 4. The first-order chi connectivity index (χ1) is 15.6. The first-order valence-corrected chi connectivity index (χ1v) is 11.3. The van der Waals surface area contributed by atoms with Gasteiger partial charge < -0.3 is 9.30 Å². The van der Waals surface area contributed by atoms with Crippen LogP contribution in [0.25, 0.3) is 10.9 Å². The molecule has 32 heavy (non-hydrogen) atoms. The van der Waals surface area contributed by atoms with Gasteiger partial charge in [-0.25, -0.2) is 0 Å². The van der Waals surface area contributed by atoms with E-state index in [0.717, 1.165) is 45.1 Å². The number of rotatable bonds is 6. The van der Waals surface area contributed by atoms with E-state index in [1.807, 2.05) is 72.9 Å². The van der Waals surface area contributed by atoms with E-state index in [1.54, 1.807) is 0 Å². The highest BCUT2D eigenvalue weighted by Gasteiger charge is 2.38. The van der Waals surface area contributed by atoms with Gasteiger partial charge >= 0.3 is 0 Å². The monoisotopic (exact) mass is 442 g/mol. The van der Waals surface area contributed by atoms with E-state index in [2.05, 4.69) is 16.7 Å². The van der Waals surface area contributed by atoms with Crippen LogP contribution < -0.4 is 4.74 Å². The standard InChI is InChI=1S/C26H22N2O3S/c1-27-25(29)24(32-26(27)30)22-8-5-9-23-21(22)14-15-28(23)16-18-10-12-20(13-11-18)31-17-19-6-3-2-4-7-19/h2-15,24H,16-17H2,1H3. The third-order valence-corrected chi connectivity index (χ3v) is 6.87. The van der Waals surface area contributed by atoms with Crippen molar-refractivity contribution in [3.63, 3.8) is 0 Å². The molecule has 1 atom stereocenters. The van der Waals surface area contributed by atoms with Crippen molar-refractivity contribution in [1.82, 2.24) is 9.47 Å². The Bertz CT molecular complexity index is 1280. The van der Waals surface area contributed by atoms with Gasteiger partial charge in [-0.3, -0.25) is 14.5 Å². The Morgan fingerprint density at radius 1 is 0.875 bits per heavy atom. The van der Waals surface area contributed by atoms with Crippen LogP contribution in [0.4, 0.5) is 4.79 Å². The van der Waals surface area contributed by atoms with Crippen molar-refractivity contribution >= 4 is 33.8 Å². The molecular weight excluding hydrogens is 420 g/mol. The molecule has 6 heteroatoms. The fraction of sp³-hybridized carbons (Fsp3) is 0.154. The van der Waals surface area contributed by atoms with Crippen LogP contribution in [-0.4, -0.2) is 27.7 Å². The Hall–Kier alpha value is -3.51. The summed E-state index contributed by atoms with van der Waals surface area (Å²) in [4.78, 5) is 25.7. The number of nitrogens with zero attached hydrogens (tertiary/aromatic N) is 2. The summed E-state index contributed by atoms with van der Waals surface area (Å²) in [7, 11) is 1.54. The summed E-state index contributed by atoms with van der Waals surface area (Å²) in [6.07, 6.45) is 2.03. The number of imide groups is 1. The molecule has 3 aromatic carbocycles. The molecule has 0 N–H and O–H groups in total. The lowest BCUT2D eigenvalue weighted by atomic mass is 10.1. The topological polar surface area (TPSA) is 51.5 Å². The zero-order chi connectivity index (χ0) is 22.1. The number of benzene rings is 3. The molecule has 0 radical (unpaired) electrons. The highest BCUT2D eigenvalue weighted by molar-refractivity contribution is 8.15. The average Bonchev–Trinajstić information content (AvgIpc) is 3.35. The predicted octanol–water partition coefficient (Wildman–Crippen LogP) is 5.63. The second kappa shape index (κ2) is 8.55. The van der Waals surface area contributed by atoms with Gasteiger partial charge in [-0.15, -0.1) is 0 Å². The Labute approximate surface area is 190 Å². The molecule has 0 spiro atoms. The van der Waals surface area contributed by atoms with Crippen LogP contribution in [0.5, 0.6) is 5.75 Å². The van der Waals surface area contributed by atoms with Crippen LogP contribution in [0, 0.1) is 0 Å². The van der Waals surface area contributed by atoms with Crippen LogP contribution in [0.15, 0.2) is 85.1 Å². The van der Waals surface area contributed by atoms with Crippen molar-refractivity contribution in [1.29, 1.82) is 0 Å². The van der Waals surface area contributed by atoms with E-state index >= 15 is 0 Å². The number of aromatic nitrogens is 1. The molecule has 1 aliphatic rings. The van der Waals surface area contributed by atoms with Crippen molar-refractivity contribution in [3.8, 4) is 5.75 Å². The summed E-state index contributed by atoms with van der Waals surface area (Å²) in [5.41, 5.74) is 4.22.